The molecule has 0 radical (unpaired) electrons. The highest BCUT2D eigenvalue weighted by Gasteiger charge is 2.27. The van der Waals surface area contributed by atoms with Crippen molar-refractivity contribution < 1.29 is 0 Å². The number of fused-ring (bicyclic) bond motifs is 3. The maximum absolute atomic E-state index is 4.64. The van der Waals surface area contributed by atoms with Gasteiger partial charge in [0.2, 0.25) is 0 Å². The fourth-order valence-corrected chi connectivity index (χ4v) is 4.06. The van der Waals surface area contributed by atoms with E-state index in [-0.39, 0.29) is 6.04 Å². The first-order valence-electron chi connectivity index (χ1n) is 8.58. The Morgan fingerprint density at radius 1 is 1.09 bits per heavy atom. The van der Waals surface area contributed by atoms with Crippen molar-refractivity contribution in [1.29, 1.82) is 0 Å². The van der Waals surface area contributed by atoms with Crippen molar-refractivity contribution in [1.82, 2.24) is 0 Å². The molecule has 116 valence electrons. The van der Waals surface area contributed by atoms with Gasteiger partial charge >= 0.3 is 0 Å². The van der Waals surface area contributed by atoms with Gasteiger partial charge in [-0.25, -0.2) is 0 Å². The zero-order valence-corrected chi connectivity index (χ0v) is 14.1. The number of nitrogens with zero attached hydrogens (tertiary/aromatic N) is 1. The number of allylic oxidation sites excluding steroid dienone is 1. The monoisotopic (exact) mass is 301 g/mol. The molecule has 0 fully saturated rings. The summed E-state index contributed by atoms with van der Waals surface area (Å²) in [7, 11) is 0. The van der Waals surface area contributed by atoms with E-state index in [0.29, 0.717) is 5.92 Å². The molecule has 1 aliphatic heterocycles. The van der Waals surface area contributed by atoms with Gasteiger partial charge in [-0.05, 0) is 70.7 Å². The lowest BCUT2D eigenvalue weighted by molar-refractivity contribution is 0.644. The van der Waals surface area contributed by atoms with E-state index in [1.165, 1.54) is 38.9 Å². The van der Waals surface area contributed by atoms with Crippen molar-refractivity contribution in [2.24, 2.45) is 10.9 Å². The lowest BCUT2D eigenvalue weighted by Crippen LogP contribution is -2.01. The van der Waals surface area contributed by atoms with Crippen LogP contribution in [0.25, 0.3) is 11.1 Å². The summed E-state index contributed by atoms with van der Waals surface area (Å²) in [5.41, 5.74) is 10.2. The number of benzene rings is 2. The fourth-order valence-electron chi connectivity index (χ4n) is 4.06. The summed E-state index contributed by atoms with van der Waals surface area (Å²) < 4.78 is 0. The first kappa shape index (κ1) is 14.4. The Labute approximate surface area is 138 Å². The van der Waals surface area contributed by atoms with E-state index >= 15 is 0 Å². The lowest BCUT2D eigenvalue weighted by Gasteiger charge is -2.15. The molecule has 0 spiro atoms. The molecular weight excluding hydrogens is 278 g/mol. The molecule has 1 heteroatoms. The highest BCUT2D eigenvalue weighted by atomic mass is 14.8. The van der Waals surface area contributed by atoms with Gasteiger partial charge in [-0.1, -0.05) is 50.3 Å². The van der Waals surface area contributed by atoms with Crippen LogP contribution in [0, 0.1) is 12.8 Å². The van der Waals surface area contributed by atoms with E-state index in [2.05, 4.69) is 68.2 Å². The maximum atomic E-state index is 4.64. The van der Waals surface area contributed by atoms with Crippen molar-refractivity contribution in [2.45, 2.75) is 39.7 Å². The summed E-state index contributed by atoms with van der Waals surface area (Å²) in [5, 5.41) is 0. The van der Waals surface area contributed by atoms with Gasteiger partial charge in [-0.3, -0.25) is 4.99 Å². The molecule has 4 rings (SSSR count). The quantitative estimate of drug-likeness (QED) is 0.610. The second-order valence-electron chi connectivity index (χ2n) is 7.17. The normalized spacial score (nSPS) is 17.8. The first-order valence-corrected chi connectivity index (χ1v) is 8.58. The smallest absolute Gasteiger partial charge is 0.0939 e. The molecule has 0 amide bonds. The SMILES string of the molecule is Cc1ccc2c(c1C1C=CC=N1)Cc1c(CC(C)C)cccc1-2. The molecule has 1 aliphatic carbocycles. The molecule has 23 heavy (non-hydrogen) atoms. The Kier molecular flexibility index (Phi) is 3.45. The Morgan fingerprint density at radius 2 is 1.91 bits per heavy atom. The molecule has 0 aromatic heterocycles. The third-order valence-corrected chi connectivity index (χ3v) is 5.04. The third kappa shape index (κ3) is 2.35. The van der Waals surface area contributed by atoms with E-state index in [0.717, 1.165) is 12.8 Å². The van der Waals surface area contributed by atoms with Crippen molar-refractivity contribution >= 4 is 6.21 Å². The molecule has 1 atom stereocenters. The van der Waals surface area contributed by atoms with Gasteiger partial charge in [0.15, 0.2) is 0 Å². The predicted molar refractivity (Wildman–Crippen MR) is 98.3 cm³/mol. The molecule has 2 aliphatic rings. The molecular formula is C22H23N. The van der Waals surface area contributed by atoms with Crippen LogP contribution in [-0.4, -0.2) is 6.21 Å². The van der Waals surface area contributed by atoms with Crippen molar-refractivity contribution in [3.05, 3.63) is 70.3 Å². The van der Waals surface area contributed by atoms with Crippen LogP contribution >= 0.6 is 0 Å². The average Bonchev–Trinajstić information content (AvgIpc) is 3.14. The Balaban J connectivity index is 1.86. The summed E-state index contributed by atoms with van der Waals surface area (Å²) in [6, 6.07) is 11.6. The van der Waals surface area contributed by atoms with E-state index in [1.807, 2.05) is 6.21 Å². The second-order valence-corrected chi connectivity index (χ2v) is 7.17. The predicted octanol–water partition coefficient (Wildman–Crippen LogP) is 5.45. The Morgan fingerprint density at radius 3 is 2.65 bits per heavy atom. The number of aryl methyl sites for hydroxylation is 1. The average molecular weight is 301 g/mol. The topological polar surface area (TPSA) is 12.4 Å². The zero-order valence-electron chi connectivity index (χ0n) is 14.1. The summed E-state index contributed by atoms with van der Waals surface area (Å²) in [6.45, 7) is 6.82. The maximum Gasteiger partial charge on any atom is 0.0939 e. The largest absolute Gasteiger partial charge is 0.281 e. The van der Waals surface area contributed by atoms with Crippen LogP contribution in [0.15, 0.2) is 47.5 Å². The zero-order chi connectivity index (χ0) is 16.0. The van der Waals surface area contributed by atoms with E-state index in [4.69, 9.17) is 0 Å². The van der Waals surface area contributed by atoms with Crippen molar-refractivity contribution in [3.8, 4) is 11.1 Å². The summed E-state index contributed by atoms with van der Waals surface area (Å²) >= 11 is 0. The standard InChI is InChI=1S/C22H23N/c1-14(2)12-16-6-4-7-17-18-10-9-15(3)22(20(18)13-19(16)17)21-8-5-11-23-21/h4-11,14,21H,12-13H2,1-3H3. The van der Waals surface area contributed by atoms with Gasteiger partial charge in [0, 0.05) is 6.21 Å². The van der Waals surface area contributed by atoms with Crippen molar-refractivity contribution in [3.63, 3.8) is 0 Å². The Bertz CT molecular complexity index is 812. The number of rotatable bonds is 3. The van der Waals surface area contributed by atoms with Crippen LogP contribution in [0.5, 0.6) is 0 Å². The van der Waals surface area contributed by atoms with E-state index in [1.54, 1.807) is 0 Å². The molecule has 1 unspecified atom stereocenters. The molecule has 0 saturated heterocycles. The van der Waals surface area contributed by atoms with Crippen molar-refractivity contribution in [2.75, 3.05) is 0 Å². The van der Waals surface area contributed by atoms with Crippen LogP contribution in [0.4, 0.5) is 0 Å². The molecule has 2 aromatic rings. The van der Waals surface area contributed by atoms with E-state index in [9.17, 15) is 0 Å². The highest BCUT2D eigenvalue weighted by molar-refractivity contribution is 5.81. The van der Waals surface area contributed by atoms with Gasteiger partial charge in [0.1, 0.15) is 0 Å². The molecule has 1 nitrogen and oxygen atoms in total. The van der Waals surface area contributed by atoms with Crippen LogP contribution in [0.1, 0.15) is 47.7 Å². The van der Waals surface area contributed by atoms with Gasteiger partial charge in [0.25, 0.3) is 0 Å². The lowest BCUT2D eigenvalue weighted by atomic mass is 9.92. The summed E-state index contributed by atoms with van der Waals surface area (Å²) in [6.07, 6.45) is 8.42. The van der Waals surface area contributed by atoms with Gasteiger partial charge in [-0.2, -0.15) is 0 Å². The van der Waals surface area contributed by atoms with Gasteiger partial charge in [-0.15, -0.1) is 0 Å². The minimum atomic E-state index is 0.202. The number of hydrogen-bond donors (Lipinski definition) is 0. The van der Waals surface area contributed by atoms with E-state index < -0.39 is 0 Å². The first-order chi connectivity index (χ1) is 11.1. The van der Waals surface area contributed by atoms with Crippen LogP contribution < -0.4 is 0 Å². The van der Waals surface area contributed by atoms with Gasteiger partial charge < -0.3 is 0 Å². The van der Waals surface area contributed by atoms with Crippen LogP contribution in [0.2, 0.25) is 0 Å². The number of aliphatic imine (C=N–C) groups is 1. The minimum absolute atomic E-state index is 0.202. The molecule has 0 saturated carbocycles. The molecule has 2 aromatic carbocycles. The number of hydrogen-bond acceptors (Lipinski definition) is 1. The fraction of sp³-hybridized carbons (Fsp3) is 0.318. The molecule has 0 N–H and O–H groups in total. The molecule has 1 heterocycles. The summed E-state index contributed by atoms with van der Waals surface area (Å²) in [4.78, 5) is 4.64. The second kappa shape index (κ2) is 5.49. The van der Waals surface area contributed by atoms with Gasteiger partial charge in [0.05, 0.1) is 6.04 Å². The van der Waals surface area contributed by atoms with Crippen LogP contribution in [-0.2, 0) is 12.8 Å². The highest BCUT2D eigenvalue weighted by Crippen LogP contribution is 2.44. The minimum Gasteiger partial charge on any atom is -0.281 e. The summed E-state index contributed by atoms with van der Waals surface area (Å²) in [5.74, 6) is 0.689. The molecule has 0 bridgehead atoms. The Hall–Kier alpha value is -2.15. The third-order valence-electron chi connectivity index (χ3n) is 5.04. The van der Waals surface area contributed by atoms with Crippen LogP contribution in [0.3, 0.4) is 0 Å².